The van der Waals surface area contributed by atoms with E-state index in [1.54, 1.807) is 25.4 Å². The highest BCUT2D eigenvalue weighted by atomic mass is 16.5. The van der Waals surface area contributed by atoms with Crippen LogP contribution in [0.2, 0.25) is 0 Å². The largest absolute Gasteiger partial charge is 0.424 e. The van der Waals surface area contributed by atoms with Gasteiger partial charge in [-0.3, -0.25) is 14.7 Å². The van der Waals surface area contributed by atoms with Crippen molar-refractivity contribution in [1.82, 2.24) is 24.8 Å². The summed E-state index contributed by atoms with van der Waals surface area (Å²) in [5.74, 6) is 1.16. The molecule has 1 aliphatic heterocycles. The molecule has 5 rings (SSSR count). The molecule has 0 N–H and O–H groups in total. The number of aromatic nitrogens is 3. The van der Waals surface area contributed by atoms with Crippen LogP contribution in [0.15, 0.2) is 79.3 Å². The molecule has 1 saturated heterocycles. The van der Waals surface area contributed by atoms with Crippen LogP contribution in [0.25, 0.3) is 10.9 Å². The highest BCUT2D eigenvalue weighted by molar-refractivity contribution is 5.81. The molecule has 35 heavy (non-hydrogen) atoms. The van der Waals surface area contributed by atoms with Crippen LogP contribution in [0.3, 0.4) is 0 Å². The normalized spacial score (nSPS) is 16.7. The van der Waals surface area contributed by atoms with E-state index in [-0.39, 0.29) is 5.91 Å². The number of hydrogen-bond donors (Lipinski definition) is 0. The molecule has 0 aliphatic carbocycles. The van der Waals surface area contributed by atoms with Gasteiger partial charge in [0.15, 0.2) is 0 Å². The van der Waals surface area contributed by atoms with E-state index in [1.165, 1.54) is 5.56 Å². The van der Waals surface area contributed by atoms with Crippen molar-refractivity contribution >= 4 is 16.8 Å². The minimum Gasteiger partial charge on any atom is -0.424 e. The third-order valence-corrected chi connectivity index (χ3v) is 6.41. The van der Waals surface area contributed by atoms with Crippen LogP contribution in [0.1, 0.15) is 18.1 Å². The predicted octanol–water partition coefficient (Wildman–Crippen LogP) is 4.34. The van der Waals surface area contributed by atoms with Crippen LogP contribution >= 0.6 is 0 Å². The number of fused-ring (bicyclic) bond motifs is 1. The number of carbonyl (C=O) groups excluding carboxylic acids is 1. The molecule has 1 aliphatic rings. The molecule has 0 saturated carbocycles. The van der Waals surface area contributed by atoms with Crippen LogP contribution < -0.4 is 4.74 Å². The summed E-state index contributed by atoms with van der Waals surface area (Å²) in [7, 11) is 0. The second-order valence-electron chi connectivity index (χ2n) is 9.04. The van der Waals surface area contributed by atoms with Gasteiger partial charge in [0.05, 0.1) is 5.52 Å². The fraction of sp³-hybridized carbons (Fsp3) is 0.286. The molecule has 0 radical (unpaired) electrons. The molecule has 178 valence electrons. The van der Waals surface area contributed by atoms with Crippen LogP contribution in [0, 0.1) is 5.92 Å². The number of amides is 1. The van der Waals surface area contributed by atoms with Crippen LogP contribution in [0.4, 0.5) is 0 Å². The van der Waals surface area contributed by atoms with Gasteiger partial charge in [-0.2, -0.15) is 0 Å². The maximum Gasteiger partial charge on any atom is 0.321 e. The summed E-state index contributed by atoms with van der Waals surface area (Å²) in [6.07, 6.45) is 6.05. The number of rotatable bonds is 6. The van der Waals surface area contributed by atoms with Crippen molar-refractivity contribution in [3.63, 3.8) is 0 Å². The zero-order chi connectivity index (χ0) is 24.0. The van der Waals surface area contributed by atoms with Gasteiger partial charge in [-0.25, -0.2) is 9.97 Å². The molecule has 0 unspecified atom stereocenters. The number of para-hydroxylation sites is 1. The van der Waals surface area contributed by atoms with Crippen LogP contribution in [0.5, 0.6) is 11.8 Å². The predicted molar refractivity (Wildman–Crippen MR) is 135 cm³/mol. The SMILES string of the molecule is CC(=O)N1CCN(Cc2cccc(Oc3ncccn3)c2)C[C@@H](Cc2cccc3cccnc23)C1. The van der Waals surface area contributed by atoms with E-state index in [2.05, 4.69) is 50.2 Å². The molecule has 0 bridgehead atoms. The number of benzene rings is 2. The Morgan fingerprint density at radius 2 is 1.74 bits per heavy atom. The van der Waals surface area contributed by atoms with Gasteiger partial charge in [-0.05, 0) is 47.7 Å². The second kappa shape index (κ2) is 10.6. The third kappa shape index (κ3) is 5.81. The van der Waals surface area contributed by atoms with E-state index in [0.29, 0.717) is 17.7 Å². The Morgan fingerprint density at radius 1 is 0.943 bits per heavy atom. The molecule has 2 aromatic heterocycles. The number of ether oxygens (including phenoxy) is 1. The zero-order valence-corrected chi connectivity index (χ0v) is 19.9. The maximum absolute atomic E-state index is 12.3. The standard InChI is InChI=1S/C28H29N5O2/c1-21(34)33-15-14-32(18-22-6-2-10-26(17-22)35-28-30-12-5-13-31-28)19-23(20-33)16-25-8-3-7-24-9-4-11-29-27(24)25/h2-13,17,23H,14-16,18-20H2,1H3/t23-/m1/s1. The van der Waals surface area contributed by atoms with Crippen molar-refractivity contribution in [2.24, 2.45) is 5.92 Å². The molecule has 2 aromatic carbocycles. The van der Waals surface area contributed by atoms with E-state index in [0.717, 1.165) is 55.6 Å². The topological polar surface area (TPSA) is 71.5 Å². The summed E-state index contributed by atoms with van der Waals surface area (Å²) in [5, 5.41) is 1.15. The summed E-state index contributed by atoms with van der Waals surface area (Å²) < 4.78 is 5.82. The summed E-state index contributed by atoms with van der Waals surface area (Å²) in [6, 6.07) is 20.6. The van der Waals surface area contributed by atoms with Crippen molar-refractivity contribution in [3.8, 4) is 11.8 Å². The Kier molecular flexibility index (Phi) is 6.95. The summed E-state index contributed by atoms with van der Waals surface area (Å²) >= 11 is 0. The second-order valence-corrected chi connectivity index (χ2v) is 9.04. The smallest absolute Gasteiger partial charge is 0.321 e. The van der Waals surface area contributed by atoms with E-state index in [9.17, 15) is 4.79 Å². The van der Waals surface area contributed by atoms with Gasteiger partial charge in [0.2, 0.25) is 5.91 Å². The number of carbonyl (C=O) groups is 1. The molecule has 1 fully saturated rings. The van der Waals surface area contributed by atoms with Crippen molar-refractivity contribution in [3.05, 3.63) is 90.4 Å². The van der Waals surface area contributed by atoms with Crippen molar-refractivity contribution < 1.29 is 9.53 Å². The Hall–Kier alpha value is -3.84. The van der Waals surface area contributed by atoms with Gasteiger partial charge in [0.1, 0.15) is 5.75 Å². The van der Waals surface area contributed by atoms with Gasteiger partial charge in [-0.15, -0.1) is 0 Å². The number of hydrogen-bond acceptors (Lipinski definition) is 6. The van der Waals surface area contributed by atoms with E-state index < -0.39 is 0 Å². The fourth-order valence-electron chi connectivity index (χ4n) is 4.79. The first-order valence-electron chi connectivity index (χ1n) is 12.0. The molecule has 1 amide bonds. The average molecular weight is 468 g/mol. The Bertz CT molecular complexity index is 1290. The Balaban J connectivity index is 1.33. The molecule has 7 nitrogen and oxygen atoms in total. The minimum atomic E-state index is 0.131. The fourth-order valence-corrected chi connectivity index (χ4v) is 4.79. The zero-order valence-electron chi connectivity index (χ0n) is 19.9. The molecule has 3 heterocycles. The van der Waals surface area contributed by atoms with Gasteiger partial charge in [0, 0.05) is 63.6 Å². The molecule has 0 spiro atoms. The number of pyridine rings is 1. The van der Waals surface area contributed by atoms with Gasteiger partial charge >= 0.3 is 6.01 Å². The lowest BCUT2D eigenvalue weighted by Gasteiger charge is -2.25. The van der Waals surface area contributed by atoms with Gasteiger partial charge in [-0.1, -0.05) is 36.4 Å². The highest BCUT2D eigenvalue weighted by Gasteiger charge is 2.25. The summed E-state index contributed by atoms with van der Waals surface area (Å²) in [6.45, 7) is 5.66. The van der Waals surface area contributed by atoms with Crippen molar-refractivity contribution in [1.29, 1.82) is 0 Å². The highest BCUT2D eigenvalue weighted by Crippen LogP contribution is 2.24. The molecular weight excluding hydrogens is 438 g/mol. The monoisotopic (exact) mass is 467 g/mol. The van der Waals surface area contributed by atoms with Crippen LogP contribution in [-0.2, 0) is 17.8 Å². The molecular formula is C28H29N5O2. The minimum absolute atomic E-state index is 0.131. The first-order chi connectivity index (χ1) is 17.1. The lowest BCUT2D eigenvalue weighted by Crippen LogP contribution is -2.34. The van der Waals surface area contributed by atoms with E-state index >= 15 is 0 Å². The summed E-state index contributed by atoms with van der Waals surface area (Å²) in [5.41, 5.74) is 3.44. The first-order valence-corrected chi connectivity index (χ1v) is 12.0. The van der Waals surface area contributed by atoms with Crippen molar-refractivity contribution in [2.75, 3.05) is 26.2 Å². The first kappa shape index (κ1) is 22.9. The summed E-state index contributed by atoms with van der Waals surface area (Å²) in [4.78, 5) is 29.6. The lowest BCUT2D eigenvalue weighted by molar-refractivity contribution is -0.129. The van der Waals surface area contributed by atoms with Gasteiger partial charge in [0.25, 0.3) is 0 Å². The average Bonchev–Trinajstić information content (AvgIpc) is 3.07. The van der Waals surface area contributed by atoms with Crippen LogP contribution in [-0.4, -0.2) is 56.8 Å². The Morgan fingerprint density at radius 3 is 2.60 bits per heavy atom. The third-order valence-electron chi connectivity index (χ3n) is 6.41. The molecule has 1 atom stereocenters. The van der Waals surface area contributed by atoms with Gasteiger partial charge < -0.3 is 9.64 Å². The van der Waals surface area contributed by atoms with E-state index in [1.807, 2.05) is 35.4 Å². The molecule has 7 heteroatoms. The Labute approximate surface area is 205 Å². The van der Waals surface area contributed by atoms with E-state index in [4.69, 9.17) is 4.74 Å². The number of nitrogens with zero attached hydrogens (tertiary/aromatic N) is 5. The maximum atomic E-state index is 12.3. The molecule has 4 aromatic rings. The lowest BCUT2D eigenvalue weighted by atomic mass is 9.96. The quantitative estimate of drug-likeness (QED) is 0.420. The van der Waals surface area contributed by atoms with Crippen molar-refractivity contribution in [2.45, 2.75) is 19.9 Å².